The first-order valence-corrected chi connectivity index (χ1v) is 9.79. The number of aromatic nitrogens is 1. The number of hydrogen-bond donors (Lipinski definition) is 2. The molecule has 1 fully saturated rings. The Bertz CT molecular complexity index is 694. The highest BCUT2D eigenvalue weighted by Gasteiger charge is 2.37. The first kappa shape index (κ1) is 18.4. The maximum atomic E-state index is 12.1. The second-order valence-electron chi connectivity index (χ2n) is 6.98. The average molecular weight is 382 g/mol. The number of nitrogens with zero attached hydrogens (tertiary/aromatic N) is 3. The third-order valence-electron chi connectivity index (χ3n) is 3.80. The SMILES string of the molecule is COC(=O)C1=C2C[C@H](NSNC(C)(C)C)CN2C(c2nccs2)=NC1. The van der Waals surface area contributed by atoms with Crippen LogP contribution in [-0.2, 0) is 9.53 Å². The van der Waals surface area contributed by atoms with Crippen LogP contribution in [0.15, 0.2) is 27.8 Å². The molecule has 0 amide bonds. The van der Waals surface area contributed by atoms with Gasteiger partial charge in [-0.1, -0.05) is 0 Å². The van der Waals surface area contributed by atoms with Crippen molar-refractivity contribution in [1.82, 2.24) is 19.3 Å². The van der Waals surface area contributed by atoms with Gasteiger partial charge in [-0.15, -0.1) is 11.3 Å². The number of esters is 1. The topological polar surface area (TPSA) is 78.9 Å². The first-order chi connectivity index (χ1) is 11.9. The predicted octanol–water partition coefficient (Wildman–Crippen LogP) is 1.95. The molecule has 0 aromatic carbocycles. The second-order valence-corrected chi connectivity index (χ2v) is 8.52. The van der Waals surface area contributed by atoms with Gasteiger partial charge in [0.2, 0.25) is 0 Å². The van der Waals surface area contributed by atoms with E-state index in [1.54, 1.807) is 17.5 Å². The van der Waals surface area contributed by atoms with Crippen LogP contribution in [0.5, 0.6) is 0 Å². The maximum absolute atomic E-state index is 12.1. The van der Waals surface area contributed by atoms with E-state index < -0.39 is 0 Å². The molecule has 0 spiro atoms. The van der Waals surface area contributed by atoms with Crippen LogP contribution in [0.3, 0.4) is 0 Å². The van der Waals surface area contributed by atoms with Gasteiger partial charge in [-0.2, -0.15) is 0 Å². The Morgan fingerprint density at radius 2 is 2.28 bits per heavy atom. The molecule has 7 nitrogen and oxygen atoms in total. The van der Waals surface area contributed by atoms with Crippen molar-refractivity contribution in [3.05, 3.63) is 27.9 Å². The number of nitrogens with one attached hydrogen (secondary N) is 2. The summed E-state index contributed by atoms with van der Waals surface area (Å²) in [7, 11) is 1.41. The Kier molecular flexibility index (Phi) is 5.47. The zero-order valence-corrected chi connectivity index (χ0v) is 16.5. The molecule has 136 valence electrons. The van der Waals surface area contributed by atoms with Crippen LogP contribution in [-0.4, -0.2) is 53.5 Å². The highest BCUT2D eigenvalue weighted by Crippen LogP contribution is 2.32. The molecule has 0 aliphatic carbocycles. The maximum Gasteiger partial charge on any atom is 0.337 e. The zero-order chi connectivity index (χ0) is 18.0. The van der Waals surface area contributed by atoms with Gasteiger partial charge in [-0.05, 0) is 20.8 Å². The van der Waals surface area contributed by atoms with Gasteiger partial charge in [0.15, 0.2) is 10.8 Å². The van der Waals surface area contributed by atoms with E-state index in [9.17, 15) is 4.79 Å². The summed E-state index contributed by atoms with van der Waals surface area (Å²) >= 11 is 3.05. The van der Waals surface area contributed by atoms with E-state index in [1.165, 1.54) is 19.2 Å². The lowest BCUT2D eigenvalue weighted by atomic mass is 10.1. The van der Waals surface area contributed by atoms with E-state index >= 15 is 0 Å². The number of amidine groups is 1. The molecule has 9 heteroatoms. The Morgan fingerprint density at radius 1 is 1.48 bits per heavy atom. The minimum atomic E-state index is -0.303. The van der Waals surface area contributed by atoms with Crippen LogP contribution in [0.25, 0.3) is 0 Å². The van der Waals surface area contributed by atoms with E-state index in [-0.39, 0.29) is 17.6 Å². The summed E-state index contributed by atoms with van der Waals surface area (Å²) in [4.78, 5) is 23.2. The molecule has 0 radical (unpaired) electrons. The molecule has 3 rings (SSSR count). The molecule has 0 bridgehead atoms. The summed E-state index contributed by atoms with van der Waals surface area (Å²) in [6, 6.07) is 0.206. The van der Waals surface area contributed by atoms with E-state index in [2.05, 4.69) is 45.1 Å². The molecule has 0 unspecified atom stereocenters. The van der Waals surface area contributed by atoms with Gasteiger partial charge < -0.3 is 9.64 Å². The van der Waals surface area contributed by atoms with Crippen LogP contribution >= 0.6 is 23.5 Å². The molecule has 2 N–H and O–H groups in total. The fraction of sp³-hybridized carbons (Fsp3) is 0.562. The number of rotatable bonds is 5. The Hall–Kier alpha value is -1.42. The molecular formula is C16H23N5O2S2. The summed E-state index contributed by atoms with van der Waals surface area (Å²) in [5, 5.41) is 2.81. The first-order valence-electron chi connectivity index (χ1n) is 8.10. The Morgan fingerprint density at radius 3 is 2.92 bits per heavy atom. The number of carbonyl (C=O) groups excluding carboxylic acids is 1. The van der Waals surface area contributed by atoms with Crippen molar-refractivity contribution in [3.8, 4) is 0 Å². The van der Waals surface area contributed by atoms with Crippen molar-refractivity contribution >= 4 is 35.3 Å². The quantitative estimate of drug-likeness (QED) is 0.596. The summed E-state index contributed by atoms with van der Waals surface area (Å²) in [6.45, 7) is 7.43. The van der Waals surface area contributed by atoms with Gasteiger partial charge in [-0.25, -0.2) is 19.2 Å². The number of aliphatic imine (C=N–C) groups is 1. The van der Waals surface area contributed by atoms with E-state index in [0.717, 1.165) is 29.5 Å². The summed E-state index contributed by atoms with van der Waals surface area (Å²) in [6.07, 6.45) is 2.53. The molecule has 1 saturated heterocycles. The average Bonchev–Trinajstić information content (AvgIpc) is 3.21. The molecule has 1 atom stereocenters. The highest BCUT2D eigenvalue weighted by molar-refractivity contribution is 7.95. The number of hydrogen-bond acceptors (Lipinski definition) is 9. The monoisotopic (exact) mass is 381 g/mol. The van der Waals surface area contributed by atoms with Crippen molar-refractivity contribution in [3.63, 3.8) is 0 Å². The lowest BCUT2D eigenvalue weighted by Crippen LogP contribution is -2.38. The third-order valence-corrected chi connectivity index (χ3v) is 5.73. The summed E-state index contributed by atoms with van der Waals surface area (Å²) < 4.78 is 11.7. The summed E-state index contributed by atoms with van der Waals surface area (Å²) in [5.74, 6) is 0.541. The van der Waals surface area contributed by atoms with Gasteiger partial charge in [0.1, 0.15) is 0 Å². The second kappa shape index (κ2) is 7.45. The zero-order valence-electron chi connectivity index (χ0n) is 14.8. The molecule has 3 heterocycles. The van der Waals surface area contributed by atoms with E-state index in [1.807, 2.05) is 5.38 Å². The normalized spacial score (nSPS) is 20.6. The minimum absolute atomic E-state index is 0.0211. The summed E-state index contributed by atoms with van der Waals surface area (Å²) in [5.41, 5.74) is 1.65. The van der Waals surface area contributed by atoms with Crippen molar-refractivity contribution in [2.45, 2.75) is 38.8 Å². The lowest BCUT2D eigenvalue weighted by Gasteiger charge is -2.26. The van der Waals surface area contributed by atoms with Crippen molar-refractivity contribution in [1.29, 1.82) is 0 Å². The third kappa shape index (κ3) is 4.22. The molecule has 2 aliphatic rings. The van der Waals surface area contributed by atoms with E-state index in [4.69, 9.17) is 4.74 Å². The highest BCUT2D eigenvalue weighted by atomic mass is 32.2. The molecular weight excluding hydrogens is 358 g/mol. The standard InChI is InChI=1S/C16H23N5O2S2/c1-16(2,3)20-25-19-10-7-12-11(15(22)23-4)8-18-13(21(12)9-10)14-17-5-6-24-14/h5-6,10,19-20H,7-9H2,1-4H3/t10-/m0/s1. The van der Waals surface area contributed by atoms with Gasteiger partial charge >= 0.3 is 5.97 Å². The Balaban J connectivity index is 1.77. The van der Waals surface area contributed by atoms with Crippen molar-refractivity contribution in [2.75, 3.05) is 20.2 Å². The van der Waals surface area contributed by atoms with Gasteiger partial charge in [0.25, 0.3) is 0 Å². The molecule has 1 aromatic rings. The van der Waals surface area contributed by atoms with Crippen LogP contribution in [0.2, 0.25) is 0 Å². The number of methoxy groups -OCH3 is 1. The number of thiazole rings is 1. The number of ether oxygens (including phenoxy) is 1. The predicted molar refractivity (Wildman–Crippen MR) is 101 cm³/mol. The molecule has 1 aromatic heterocycles. The van der Waals surface area contributed by atoms with Crippen molar-refractivity contribution in [2.24, 2.45) is 4.99 Å². The molecule has 25 heavy (non-hydrogen) atoms. The molecule has 2 aliphatic heterocycles. The van der Waals surface area contributed by atoms with Crippen LogP contribution in [0.4, 0.5) is 0 Å². The number of fused-ring (bicyclic) bond motifs is 1. The lowest BCUT2D eigenvalue weighted by molar-refractivity contribution is -0.136. The van der Waals surface area contributed by atoms with Gasteiger partial charge in [0.05, 0.1) is 19.2 Å². The molecule has 0 saturated carbocycles. The largest absolute Gasteiger partial charge is 0.466 e. The van der Waals surface area contributed by atoms with Gasteiger partial charge in [-0.3, -0.25) is 4.99 Å². The van der Waals surface area contributed by atoms with Crippen LogP contribution in [0, 0.1) is 0 Å². The fourth-order valence-corrected chi connectivity index (χ4v) is 4.08. The minimum Gasteiger partial charge on any atom is -0.466 e. The van der Waals surface area contributed by atoms with Crippen LogP contribution in [0.1, 0.15) is 32.2 Å². The van der Waals surface area contributed by atoms with E-state index in [0.29, 0.717) is 12.1 Å². The smallest absolute Gasteiger partial charge is 0.337 e. The fourth-order valence-electron chi connectivity index (χ4n) is 2.74. The van der Waals surface area contributed by atoms with Crippen LogP contribution < -0.4 is 9.44 Å². The van der Waals surface area contributed by atoms with Gasteiger partial charge in [0, 0.05) is 54.0 Å². The Labute approximate surface area is 156 Å². The van der Waals surface area contributed by atoms with Crippen molar-refractivity contribution < 1.29 is 9.53 Å². The number of carbonyl (C=O) groups is 1.